The maximum Gasteiger partial charge on any atom is 0.387 e. The number of alkyl halides is 2. The summed E-state index contributed by atoms with van der Waals surface area (Å²) in [6.07, 6.45) is 10.8. The molecule has 2 saturated heterocycles. The SMILES string of the molecule is CSc1ccc(OC(F)F)c(-c2nn(CC(=O)N3CCC(N4CCCOCC4)CC3)cc2NC(=O)c2cnn3cccnc23)c1. The molecule has 0 aliphatic carbocycles. The summed E-state index contributed by atoms with van der Waals surface area (Å²) in [7, 11) is 0. The number of carbonyl (C=O) groups excluding carboxylic acids is 2. The quantitative estimate of drug-likeness (QED) is 0.272. The van der Waals surface area contributed by atoms with Crippen LogP contribution in [0.2, 0.25) is 0 Å². The number of aromatic nitrogens is 5. The highest BCUT2D eigenvalue weighted by atomic mass is 32.2. The molecular weight excluding hydrogens is 606 g/mol. The Kier molecular flexibility index (Phi) is 9.56. The molecule has 3 aromatic heterocycles. The van der Waals surface area contributed by atoms with Crippen LogP contribution < -0.4 is 10.1 Å². The number of rotatable bonds is 9. The first-order valence-electron chi connectivity index (χ1n) is 14.8. The fraction of sp³-hybridized carbons (Fsp3) is 0.433. The Labute approximate surface area is 262 Å². The van der Waals surface area contributed by atoms with E-state index in [1.807, 2.05) is 11.2 Å². The van der Waals surface area contributed by atoms with Gasteiger partial charge in [0.05, 0.1) is 18.5 Å². The molecule has 2 aliphatic rings. The van der Waals surface area contributed by atoms with Gasteiger partial charge < -0.3 is 19.7 Å². The lowest BCUT2D eigenvalue weighted by Crippen LogP contribution is -2.48. The molecule has 0 atom stereocenters. The Morgan fingerprint density at radius 1 is 1.18 bits per heavy atom. The molecule has 15 heteroatoms. The van der Waals surface area contributed by atoms with Crippen molar-refractivity contribution in [3.05, 3.63) is 54.6 Å². The van der Waals surface area contributed by atoms with Crippen LogP contribution in [-0.4, -0.2) is 104 Å². The standard InChI is InChI=1S/C30H34F2N8O4S/c1-45-21-4-5-25(44-30(31)32)22(16-21)27-24(35-29(42)23-17-34-40-10-2-8-33-28(23)40)18-39(36-27)19-26(41)38-11-6-20(7-12-38)37-9-3-14-43-15-13-37/h2,4-5,8,10,16-18,20,30H,3,6-7,9,11-15,19H2,1H3,(H,35,42). The summed E-state index contributed by atoms with van der Waals surface area (Å²) < 4.78 is 40.1. The summed E-state index contributed by atoms with van der Waals surface area (Å²) in [6.45, 7) is 1.53. The van der Waals surface area contributed by atoms with Crippen molar-refractivity contribution >= 4 is 34.9 Å². The lowest BCUT2D eigenvalue weighted by molar-refractivity contribution is -0.133. The van der Waals surface area contributed by atoms with Crippen molar-refractivity contribution in [3.8, 4) is 17.0 Å². The van der Waals surface area contributed by atoms with Crippen molar-refractivity contribution in [2.45, 2.75) is 43.4 Å². The van der Waals surface area contributed by atoms with E-state index in [0.29, 0.717) is 24.8 Å². The molecule has 2 fully saturated rings. The fourth-order valence-corrected chi connectivity index (χ4v) is 6.28. The largest absolute Gasteiger partial charge is 0.434 e. The third kappa shape index (κ3) is 7.10. The number of amides is 2. The second-order valence-electron chi connectivity index (χ2n) is 10.8. The molecule has 0 bridgehead atoms. The van der Waals surface area contributed by atoms with Gasteiger partial charge in [-0.05, 0) is 49.8 Å². The molecular formula is C30H34F2N8O4S. The summed E-state index contributed by atoms with van der Waals surface area (Å²) in [5.74, 6) is -0.740. The van der Waals surface area contributed by atoms with Crippen LogP contribution in [0.4, 0.5) is 14.5 Å². The highest BCUT2D eigenvalue weighted by Crippen LogP contribution is 2.38. The van der Waals surface area contributed by atoms with Crippen molar-refractivity contribution in [3.63, 3.8) is 0 Å². The van der Waals surface area contributed by atoms with Gasteiger partial charge >= 0.3 is 6.61 Å². The zero-order valence-corrected chi connectivity index (χ0v) is 25.6. The first-order valence-corrected chi connectivity index (χ1v) is 16.0. The number of nitrogens with zero attached hydrogens (tertiary/aromatic N) is 7. The van der Waals surface area contributed by atoms with Gasteiger partial charge in [0.2, 0.25) is 5.91 Å². The normalized spacial score (nSPS) is 16.7. The predicted octanol–water partition coefficient (Wildman–Crippen LogP) is 3.88. The van der Waals surface area contributed by atoms with Crippen molar-refractivity contribution < 1.29 is 27.8 Å². The van der Waals surface area contributed by atoms with E-state index < -0.39 is 12.5 Å². The second-order valence-corrected chi connectivity index (χ2v) is 11.7. The molecule has 2 amide bonds. The molecule has 1 N–H and O–H groups in total. The van der Waals surface area contributed by atoms with Gasteiger partial charge in [0.25, 0.3) is 5.91 Å². The smallest absolute Gasteiger partial charge is 0.387 e. The highest BCUT2D eigenvalue weighted by Gasteiger charge is 2.28. The van der Waals surface area contributed by atoms with Gasteiger partial charge in [-0.3, -0.25) is 19.2 Å². The van der Waals surface area contributed by atoms with Crippen LogP contribution in [0.3, 0.4) is 0 Å². The van der Waals surface area contributed by atoms with Crippen LogP contribution in [0, 0.1) is 0 Å². The number of benzene rings is 1. The van der Waals surface area contributed by atoms with E-state index in [-0.39, 0.29) is 40.7 Å². The van der Waals surface area contributed by atoms with Crippen molar-refractivity contribution in [2.75, 3.05) is 51.0 Å². The van der Waals surface area contributed by atoms with Crippen LogP contribution in [0.15, 0.2) is 53.9 Å². The molecule has 238 valence electrons. The minimum atomic E-state index is -3.07. The zero-order chi connectivity index (χ0) is 31.3. The van der Waals surface area contributed by atoms with E-state index in [4.69, 9.17) is 9.47 Å². The Morgan fingerprint density at radius 2 is 2.02 bits per heavy atom. The molecule has 0 unspecified atom stereocenters. The molecule has 0 spiro atoms. The Hall–Kier alpha value is -4.08. The van der Waals surface area contributed by atoms with Crippen molar-refractivity contribution in [2.24, 2.45) is 0 Å². The van der Waals surface area contributed by atoms with E-state index in [1.54, 1.807) is 30.6 Å². The molecule has 5 heterocycles. The topological polar surface area (TPSA) is 119 Å². The Balaban J connectivity index is 1.25. The second kappa shape index (κ2) is 13.9. The van der Waals surface area contributed by atoms with Gasteiger partial charge in [0.1, 0.15) is 23.6 Å². The summed E-state index contributed by atoms with van der Waals surface area (Å²) >= 11 is 1.42. The van der Waals surface area contributed by atoms with Gasteiger partial charge in [-0.1, -0.05) is 0 Å². The number of carbonyl (C=O) groups is 2. The summed E-state index contributed by atoms with van der Waals surface area (Å²) in [4.78, 5) is 36.2. The summed E-state index contributed by atoms with van der Waals surface area (Å²) in [6, 6.07) is 6.88. The number of thioether (sulfide) groups is 1. The maximum absolute atomic E-state index is 13.4. The van der Waals surface area contributed by atoms with Gasteiger partial charge in [-0.2, -0.15) is 19.0 Å². The Morgan fingerprint density at radius 3 is 2.82 bits per heavy atom. The average molecular weight is 641 g/mol. The monoisotopic (exact) mass is 640 g/mol. The maximum atomic E-state index is 13.4. The van der Waals surface area contributed by atoms with Crippen molar-refractivity contribution in [1.82, 2.24) is 34.2 Å². The van der Waals surface area contributed by atoms with Gasteiger partial charge in [0.15, 0.2) is 5.65 Å². The van der Waals surface area contributed by atoms with Crippen LogP contribution in [0.1, 0.15) is 29.6 Å². The molecule has 1 aromatic carbocycles. The number of hydrogen-bond acceptors (Lipinski definition) is 9. The van der Waals surface area contributed by atoms with Crippen LogP contribution in [-0.2, 0) is 16.1 Å². The highest BCUT2D eigenvalue weighted by molar-refractivity contribution is 7.98. The molecule has 4 aromatic rings. The lowest BCUT2D eigenvalue weighted by atomic mass is 10.0. The summed E-state index contributed by atoms with van der Waals surface area (Å²) in [5, 5.41) is 11.6. The zero-order valence-electron chi connectivity index (χ0n) is 24.8. The van der Waals surface area contributed by atoms with E-state index in [0.717, 1.165) is 50.5 Å². The first kappa shape index (κ1) is 30.9. The number of hydrogen-bond donors (Lipinski definition) is 1. The molecule has 45 heavy (non-hydrogen) atoms. The van der Waals surface area contributed by atoms with Gasteiger partial charge in [-0.15, -0.1) is 11.8 Å². The molecule has 0 radical (unpaired) electrons. The fourth-order valence-electron chi connectivity index (χ4n) is 5.84. The number of anilines is 1. The molecule has 6 rings (SSSR count). The van der Waals surface area contributed by atoms with Gasteiger partial charge in [0, 0.05) is 67.9 Å². The Bertz CT molecular complexity index is 1650. The molecule has 2 aliphatic heterocycles. The minimum absolute atomic E-state index is 0.0867. The van der Waals surface area contributed by atoms with E-state index in [1.165, 1.54) is 39.4 Å². The third-order valence-electron chi connectivity index (χ3n) is 8.08. The molecule has 12 nitrogen and oxygen atoms in total. The van der Waals surface area contributed by atoms with Crippen LogP contribution >= 0.6 is 11.8 Å². The van der Waals surface area contributed by atoms with E-state index in [2.05, 4.69) is 25.4 Å². The van der Waals surface area contributed by atoms with E-state index >= 15 is 0 Å². The van der Waals surface area contributed by atoms with Gasteiger partial charge in [-0.25, -0.2) is 9.50 Å². The lowest BCUT2D eigenvalue weighted by Gasteiger charge is -2.38. The number of fused-ring (bicyclic) bond motifs is 1. The average Bonchev–Trinajstić information content (AvgIpc) is 3.54. The number of likely N-dealkylation sites (tertiary alicyclic amines) is 1. The van der Waals surface area contributed by atoms with Crippen LogP contribution in [0.5, 0.6) is 5.75 Å². The number of nitrogens with one attached hydrogen (secondary N) is 1. The van der Waals surface area contributed by atoms with Crippen LogP contribution in [0.25, 0.3) is 16.9 Å². The van der Waals surface area contributed by atoms with Crippen molar-refractivity contribution in [1.29, 1.82) is 0 Å². The summed E-state index contributed by atoms with van der Waals surface area (Å²) in [5.41, 5.74) is 1.23. The third-order valence-corrected chi connectivity index (χ3v) is 8.80. The molecule has 0 saturated carbocycles. The number of piperidine rings is 1. The van der Waals surface area contributed by atoms with E-state index in [9.17, 15) is 18.4 Å². The number of halogens is 2. The minimum Gasteiger partial charge on any atom is -0.434 e. The first-order chi connectivity index (χ1) is 21.9. The number of ether oxygens (including phenoxy) is 2. The predicted molar refractivity (Wildman–Crippen MR) is 164 cm³/mol.